The van der Waals surface area contributed by atoms with Crippen molar-refractivity contribution in [1.82, 2.24) is 4.72 Å². The summed E-state index contributed by atoms with van der Waals surface area (Å²) in [5, 5.41) is 9.05. The third-order valence-corrected chi connectivity index (χ3v) is 2.95. The molecule has 0 saturated heterocycles. The van der Waals surface area contributed by atoms with Crippen LogP contribution in [0, 0.1) is 0 Å². The highest BCUT2D eigenvalue weighted by molar-refractivity contribution is 7.90. The van der Waals surface area contributed by atoms with Gasteiger partial charge in [0.1, 0.15) is 5.75 Å². The van der Waals surface area contributed by atoms with Gasteiger partial charge in [-0.25, -0.2) is 0 Å². The Morgan fingerprint density at radius 2 is 1.62 bits per heavy atom. The van der Waals surface area contributed by atoms with E-state index in [1.165, 1.54) is 24.3 Å². The van der Waals surface area contributed by atoms with Gasteiger partial charge < -0.3 is 5.11 Å². The Labute approximate surface area is 95.7 Å². The highest BCUT2D eigenvalue weighted by Gasteiger charge is 2.19. The summed E-state index contributed by atoms with van der Waals surface area (Å²) in [5.74, 6) is 0.0896. The van der Waals surface area contributed by atoms with Crippen molar-refractivity contribution < 1.29 is 13.5 Å². The summed E-state index contributed by atoms with van der Waals surface area (Å²) in [6.45, 7) is 5.26. The molecule has 0 aromatic heterocycles. The van der Waals surface area contributed by atoms with Crippen LogP contribution in [0.25, 0.3) is 0 Å². The number of nitrogens with one attached hydrogen (secondary N) is 2. The number of phenols is 1. The molecule has 0 heterocycles. The van der Waals surface area contributed by atoms with Crippen molar-refractivity contribution in [3.8, 4) is 5.75 Å². The molecule has 0 amide bonds. The van der Waals surface area contributed by atoms with Crippen LogP contribution in [-0.4, -0.2) is 19.1 Å². The number of aromatic hydroxyl groups is 1. The molecular weight excluding hydrogens is 228 g/mol. The standard InChI is InChI=1S/C10H16N2O3S/c1-10(2,3)12-16(14,15)11-8-4-6-9(13)7-5-8/h4-7,11-13H,1-3H3. The van der Waals surface area contributed by atoms with Gasteiger partial charge in [-0.1, -0.05) is 0 Å². The van der Waals surface area contributed by atoms with Crippen molar-refractivity contribution in [2.45, 2.75) is 26.3 Å². The number of anilines is 1. The summed E-state index contributed by atoms with van der Waals surface area (Å²) < 4.78 is 28.0. The molecule has 5 nitrogen and oxygen atoms in total. The predicted molar refractivity (Wildman–Crippen MR) is 63.5 cm³/mol. The number of phenolic OH excluding ortho intramolecular Hbond substituents is 1. The smallest absolute Gasteiger partial charge is 0.299 e. The fourth-order valence-corrected chi connectivity index (χ4v) is 2.42. The number of hydrogen-bond acceptors (Lipinski definition) is 3. The first-order valence-electron chi connectivity index (χ1n) is 4.79. The second-order valence-corrected chi connectivity index (χ2v) is 5.92. The van der Waals surface area contributed by atoms with Crippen LogP contribution in [0.4, 0.5) is 5.69 Å². The van der Waals surface area contributed by atoms with Gasteiger partial charge in [0.15, 0.2) is 0 Å². The molecule has 0 spiro atoms. The molecule has 1 rings (SSSR count). The summed E-state index contributed by atoms with van der Waals surface area (Å²) >= 11 is 0. The monoisotopic (exact) mass is 244 g/mol. The van der Waals surface area contributed by atoms with Gasteiger partial charge in [-0.3, -0.25) is 4.72 Å². The Morgan fingerprint density at radius 3 is 2.06 bits per heavy atom. The van der Waals surface area contributed by atoms with E-state index in [1.807, 2.05) is 0 Å². The first-order valence-corrected chi connectivity index (χ1v) is 6.27. The zero-order valence-electron chi connectivity index (χ0n) is 9.48. The van der Waals surface area contributed by atoms with Crippen molar-refractivity contribution in [2.75, 3.05) is 4.72 Å². The Bertz CT molecular complexity index is 446. The number of rotatable bonds is 3. The minimum atomic E-state index is -3.59. The van der Waals surface area contributed by atoms with Crippen molar-refractivity contribution in [3.63, 3.8) is 0 Å². The largest absolute Gasteiger partial charge is 0.508 e. The van der Waals surface area contributed by atoms with E-state index in [0.29, 0.717) is 5.69 Å². The molecule has 3 N–H and O–H groups in total. The molecule has 6 heteroatoms. The molecule has 0 fully saturated rings. The second-order valence-electron chi connectivity index (χ2n) is 4.50. The third-order valence-electron chi connectivity index (χ3n) is 1.56. The highest BCUT2D eigenvalue weighted by Crippen LogP contribution is 2.15. The van der Waals surface area contributed by atoms with Crippen molar-refractivity contribution in [1.29, 1.82) is 0 Å². The normalized spacial score (nSPS) is 12.4. The number of hydrogen-bond donors (Lipinski definition) is 3. The minimum Gasteiger partial charge on any atom is -0.508 e. The van der Waals surface area contributed by atoms with E-state index in [0.717, 1.165) is 0 Å². The number of benzene rings is 1. The van der Waals surface area contributed by atoms with E-state index in [1.54, 1.807) is 20.8 Å². The average Bonchev–Trinajstić information content (AvgIpc) is 2.04. The van der Waals surface area contributed by atoms with Crippen LogP contribution in [0.2, 0.25) is 0 Å². The zero-order valence-corrected chi connectivity index (χ0v) is 10.3. The fraction of sp³-hybridized carbons (Fsp3) is 0.400. The predicted octanol–water partition coefficient (Wildman–Crippen LogP) is 1.44. The van der Waals surface area contributed by atoms with Crippen LogP contribution in [0.1, 0.15) is 20.8 Å². The van der Waals surface area contributed by atoms with Gasteiger partial charge >= 0.3 is 0 Å². The van der Waals surface area contributed by atoms with Crippen molar-refractivity contribution >= 4 is 15.9 Å². The lowest BCUT2D eigenvalue weighted by Crippen LogP contribution is -2.43. The van der Waals surface area contributed by atoms with Gasteiger partial charge in [-0.05, 0) is 45.0 Å². The van der Waals surface area contributed by atoms with Crippen LogP contribution >= 0.6 is 0 Å². The average molecular weight is 244 g/mol. The van der Waals surface area contributed by atoms with E-state index in [-0.39, 0.29) is 5.75 Å². The van der Waals surface area contributed by atoms with Crippen LogP contribution in [0.15, 0.2) is 24.3 Å². The van der Waals surface area contributed by atoms with Crippen molar-refractivity contribution in [2.24, 2.45) is 0 Å². The second kappa shape index (κ2) is 4.31. The molecular formula is C10H16N2O3S. The van der Waals surface area contributed by atoms with Gasteiger partial charge in [0.25, 0.3) is 10.2 Å². The maximum Gasteiger partial charge on any atom is 0.299 e. The van der Waals surface area contributed by atoms with E-state index < -0.39 is 15.7 Å². The Balaban J connectivity index is 2.77. The molecule has 0 aliphatic carbocycles. The molecule has 0 atom stereocenters. The summed E-state index contributed by atoms with van der Waals surface area (Å²) in [7, 11) is -3.59. The molecule has 0 aliphatic rings. The van der Waals surface area contributed by atoms with Gasteiger partial charge in [0, 0.05) is 11.2 Å². The molecule has 0 bridgehead atoms. The maximum atomic E-state index is 11.6. The van der Waals surface area contributed by atoms with Gasteiger partial charge in [0.2, 0.25) is 0 Å². The van der Waals surface area contributed by atoms with Crippen LogP contribution in [0.5, 0.6) is 5.75 Å². The summed E-state index contributed by atoms with van der Waals surface area (Å²) in [6, 6.07) is 5.79. The minimum absolute atomic E-state index is 0.0896. The highest BCUT2D eigenvalue weighted by atomic mass is 32.2. The molecule has 0 radical (unpaired) electrons. The molecule has 1 aromatic carbocycles. The topological polar surface area (TPSA) is 78.4 Å². The molecule has 0 aliphatic heterocycles. The van der Waals surface area contributed by atoms with E-state index in [9.17, 15) is 8.42 Å². The summed E-state index contributed by atoms with van der Waals surface area (Å²) in [6.07, 6.45) is 0. The van der Waals surface area contributed by atoms with E-state index >= 15 is 0 Å². The lowest BCUT2D eigenvalue weighted by Gasteiger charge is -2.20. The van der Waals surface area contributed by atoms with Crippen LogP contribution in [0.3, 0.4) is 0 Å². The summed E-state index contributed by atoms with van der Waals surface area (Å²) in [5.41, 5.74) is -0.141. The SMILES string of the molecule is CC(C)(C)NS(=O)(=O)Nc1ccc(O)cc1. The Morgan fingerprint density at radius 1 is 1.12 bits per heavy atom. The Kier molecular flexibility index (Phi) is 3.44. The lowest BCUT2D eigenvalue weighted by molar-refractivity contribution is 0.475. The Hall–Kier alpha value is -1.27. The van der Waals surface area contributed by atoms with Crippen LogP contribution < -0.4 is 9.44 Å². The first kappa shape index (κ1) is 12.8. The van der Waals surface area contributed by atoms with Gasteiger partial charge in [-0.2, -0.15) is 13.1 Å². The molecule has 0 unspecified atom stereocenters. The van der Waals surface area contributed by atoms with E-state index in [4.69, 9.17) is 5.11 Å². The van der Waals surface area contributed by atoms with Crippen molar-refractivity contribution in [3.05, 3.63) is 24.3 Å². The van der Waals surface area contributed by atoms with Crippen LogP contribution in [-0.2, 0) is 10.2 Å². The maximum absolute atomic E-state index is 11.6. The summed E-state index contributed by atoms with van der Waals surface area (Å²) in [4.78, 5) is 0. The quantitative estimate of drug-likeness (QED) is 0.704. The van der Waals surface area contributed by atoms with Gasteiger partial charge in [-0.15, -0.1) is 0 Å². The first-order chi connectivity index (χ1) is 7.18. The van der Waals surface area contributed by atoms with Gasteiger partial charge in [0.05, 0.1) is 0 Å². The third kappa shape index (κ3) is 4.50. The molecule has 16 heavy (non-hydrogen) atoms. The zero-order chi connectivity index (χ0) is 12.4. The molecule has 90 valence electrons. The molecule has 1 aromatic rings. The molecule has 0 saturated carbocycles. The fourth-order valence-electron chi connectivity index (χ4n) is 1.11. The van der Waals surface area contributed by atoms with E-state index in [2.05, 4.69) is 9.44 Å². The lowest BCUT2D eigenvalue weighted by atomic mass is 10.1.